The molecule has 1 saturated heterocycles. The van der Waals surface area contributed by atoms with Crippen LogP contribution in [0.5, 0.6) is 0 Å². The minimum atomic E-state index is -0.149. The Morgan fingerprint density at radius 2 is 1.71 bits per heavy atom. The molecule has 0 aromatic heterocycles. The van der Waals surface area contributed by atoms with Crippen LogP contribution < -0.4 is 0 Å². The molecule has 17 heavy (non-hydrogen) atoms. The van der Waals surface area contributed by atoms with Crippen LogP contribution in [0.1, 0.15) is 38.7 Å². The minimum Gasteiger partial charge on any atom is -0.303 e. The molecule has 0 atom stereocenters. The van der Waals surface area contributed by atoms with Gasteiger partial charge in [-0.05, 0) is 62.0 Å². The molecule has 1 aromatic rings. The summed E-state index contributed by atoms with van der Waals surface area (Å²) in [4.78, 5) is 2.53. The summed E-state index contributed by atoms with van der Waals surface area (Å²) in [6.45, 7) is 8.15. The molecule has 0 unspecified atom stereocenters. The van der Waals surface area contributed by atoms with Gasteiger partial charge in [-0.3, -0.25) is 0 Å². The van der Waals surface area contributed by atoms with Gasteiger partial charge >= 0.3 is 0 Å². The number of hydrogen-bond acceptors (Lipinski definition) is 1. The average Bonchev–Trinajstić information content (AvgIpc) is 2.80. The number of halogens is 1. The fourth-order valence-corrected chi connectivity index (χ4v) is 2.49. The Bertz CT molecular complexity index is 350. The van der Waals surface area contributed by atoms with E-state index in [0.717, 1.165) is 13.0 Å². The highest BCUT2D eigenvalue weighted by Crippen LogP contribution is 2.27. The second-order valence-corrected chi connectivity index (χ2v) is 5.69. The third-order valence-electron chi connectivity index (χ3n) is 3.88. The summed E-state index contributed by atoms with van der Waals surface area (Å²) in [5.74, 6) is -0.149. The maximum atomic E-state index is 12.9. The van der Waals surface area contributed by atoms with E-state index in [0.29, 0.717) is 0 Å². The summed E-state index contributed by atoms with van der Waals surface area (Å²) in [7, 11) is 0. The predicted octanol–water partition coefficient (Wildman–Crippen LogP) is 3.59. The van der Waals surface area contributed by atoms with Crippen molar-refractivity contribution in [1.29, 1.82) is 0 Å². The molecule has 2 heteroatoms. The lowest BCUT2D eigenvalue weighted by atomic mass is 9.81. The lowest BCUT2D eigenvalue weighted by Gasteiger charge is -2.28. The molecule has 1 aliphatic heterocycles. The monoisotopic (exact) mass is 235 g/mol. The van der Waals surface area contributed by atoms with E-state index in [-0.39, 0.29) is 11.2 Å². The Kier molecular flexibility index (Phi) is 3.82. The van der Waals surface area contributed by atoms with Crippen LogP contribution in [0.2, 0.25) is 0 Å². The van der Waals surface area contributed by atoms with Gasteiger partial charge in [0.05, 0.1) is 0 Å². The molecular weight excluding hydrogens is 213 g/mol. The fraction of sp³-hybridized carbons (Fsp3) is 0.600. The van der Waals surface area contributed by atoms with Gasteiger partial charge < -0.3 is 4.90 Å². The molecular formula is C15H22FN. The van der Waals surface area contributed by atoms with Gasteiger partial charge in [0.15, 0.2) is 0 Å². The third-order valence-corrected chi connectivity index (χ3v) is 3.88. The minimum absolute atomic E-state index is 0.135. The second-order valence-electron chi connectivity index (χ2n) is 5.69. The third kappa shape index (κ3) is 3.29. The van der Waals surface area contributed by atoms with E-state index in [1.165, 1.54) is 31.5 Å². The maximum Gasteiger partial charge on any atom is 0.123 e. The molecule has 0 spiro atoms. The number of likely N-dealkylation sites (tertiary alicyclic amines) is 1. The molecule has 2 rings (SSSR count). The number of rotatable bonds is 4. The highest BCUT2D eigenvalue weighted by molar-refractivity contribution is 5.24. The van der Waals surface area contributed by atoms with Crippen LogP contribution in [0.3, 0.4) is 0 Å². The van der Waals surface area contributed by atoms with Crippen molar-refractivity contribution in [3.63, 3.8) is 0 Å². The van der Waals surface area contributed by atoms with Gasteiger partial charge in [0.1, 0.15) is 5.82 Å². The first-order valence-electron chi connectivity index (χ1n) is 6.56. The van der Waals surface area contributed by atoms with E-state index >= 15 is 0 Å². The van der Waals surface area contributed by atoms with Crippen LogP contribution in [-0.2, 0) is 5.41 Å². The smallest absolute Gasteiger partial charge is 0.123 e. The quantitative estimate of drug-likeness (QED) is 0.771. The molecule has 0 N–H and O–H groups in total. The summed E-state index contributed by atoms with van der Waals surface area (Å²) in [5.41, 5.74) is 1.37. The lowest BCUT2D eigenvalue weighted by Crippen LogP contribution is -2.27. The van der Waals surface area contributed by atoms with Crippen LogP contribution >= 0.6 is 0 Å². The van der Waals surface area contributed by atoms with E-state index in [9.17, 15) is 4.39 Å². The maximum absolute atomic E-state index is 12.9. The molecule has 1 fully saturated rings. The van der Waals surface area contributed by atoms with Crippen molar-refractivity contribution < 1.29 is 4.39 Å². The van der Waals surface area contributed by atoms with E-state index in [1.807, 2.05) is 12.1 Å². The summed E-state index contributed by atoms with van der Waals surface area (Å²) in [6, 6.07) is 6.96. The van der Waals surface area contributed by atoms with E-state index in [2.05, 4.69) is 18.7 Å². The number of hydrogen-bond donors (Lipinski definition) is 0. The zero-order valence-electron chi connectivity index (χ0n) is 10.9. The topological polar surface area (TPSA) is 3.24 Å². The van der Waals surface area contributed by atoms with Crippen LogP contribution in [0.4, 0.5) is 4.39 Å². The first-order chi connectivity index (χ1) is 8.08. The SMILES string of the molecule is CC(C)(CCN1CCCC1)c1ccc(F)cc1. The molecule has 0 saturated carbocycles. The van der Waals surface area contributed by atoms with Gasteiger partial charge in [-0.2, -0.15) is 0 Å². The van der Waals surface area contributed by atoms with Gasteiger partial charge in [-0.1, -0.05) is 26.0 Å². The van der Waals surface area contributed by atoms with Crippen molar-refractivity contribution in [1.82, 2.24) is 4.90 Å². The largest absolute Gasteiger partial charge is 0.303 e. The van der Waals surface area contributed by atoms with E-state index in [1.54, 1.807) is 12.1 Å². The summed E-state index contributed by atoms with van der Waals surface area (Å²) < 4.78 is 12.9. The van der Waals surface area contributed by atoms with Crippen molar-refractivity contribution in [2.24, 2.45) is 0 Å². The zero-order chi connectivity index (χ0) is 12.3. The Labute approximate surface area is 104 Å². The molecule has 0 amide bonds. The summed E-state index contributed by atoms with van der Waals surface area (Å²) in [5, 5.41) is 0. The first kappa shape index (κ1) is 12.6. The van der Waals surface area contributed by atoms with Crippen molar-refractivity contribution >= 4 is 0 Å². The first-order valence-corrected chi connectivity index (χ1v) is 6.56. The normalized spacial score (nSPS) is 17.6. The predicted molar refractivity (Wildman–Crippen MR) is 69.7 cm³/mol. The van der Waals surface area contributed by atoms with Crippen LogP contribution in [0.25, 0.3) is 0 Å². The van der Waals surface area contributed by atoms with E-state index < -0.39 is 0 Å². The molecule has 0 aliphatic carbocycles. The summed E-state index contributed by atoms with van der Waals surface area (Å²) in [6.07, 6.45) is 3.83. The Morgan fingerprint density at radius 3 is 2.29 bits per heavy atom. The van der Waals surface area contributed by atoms with Gasteiger partial charge in [0, 0.05) is 0 Å². The van der Waals surface area contributed by atoms with Crippen LogP contribution in [0.15, 0.2) is 24.3 Å². The van der Waals surface area contributed by atoms with Gasteiger partial charge in [-0.25, -0.2) is 4.39 Å². The lowest BCUT2D eigenvalue weighted by molar-refractivity contribution is 0.297. The average molecular weight is 235 g/mol. The highest BCUT2D eigenvalue weighted by atomic mass is 19.1. The molecule has 1 aromatic carbocycles. The highest BCUT2D eigenvalue weighted by Gasteiger charge is 2.22. The Morgan fingerprint density at radius 1 is 1.12 bits per heavy atom. The molecule has 0 bridgehead atoms. The van der Waals surface area contributed by atoms with Gasteiger partial charge in [-0.15, -0.1) is 0 Å². The van der Waals surface area contributed by atoms with Crippen molar-refractivity contribution in [3.05, 3.63) is 35.6 Å². The zero-order valence-corrected chi connectivity index (χ0v) is 10.9. The standard InChI is InChI=1S/C15H22FN/c1-15(2,9-12-17-10-3-4-11-17)13-5-7-14(16)8-6-13/h5-8H,3-4,9-12H2,1-2H3. The fourth-order valence-electron chi connectivity index (χ4n) is 2.49. The van der Waals surface area contributed by atoms with Crippen LogP contribution in [-0.4, -0.2) is 24.5 Å². The Balaban J connectivity index is 1.94. The molecule has 94 valence electrons. The van der Waals surface area contributed by atoms with Gasteiger partial charge in [0.2, 0.25) is 0 Å². The Hall–Kier alpha value is -0.890. The molecule has 1 heterocycles. The molecule has 1 aliphatic rings. The molecule has 1 nitrogen and oxygen atoms in total. The van der Waals surface area contributed by atoms with Crippen molar-refractivity contribution in [2.45, 2.75) is 38.5 Å². The van der Waals surface area contributed by atoms with E-state index in [4.69, 9.17) is 0 Å². The second kappa shape index (κ2) is 5.18. The number of nitrogens with zero attached hydrogens (tertiary/aromatic N) is 1. The van der Waals surface area contributed by atoms with Crippen LogP contribution in [0, 0.1) is 5.82 Å². The van der Waals surface area contributed by atoms with Gasteiger partial charge in [0.25, 0.3) is 0 Å². The summed E-state index contributed by atoms with van der Waals surface area (Å²) >= 11 is 0. The van der Waals surface area contributed by atoms with Crippen molar-refractivity contribution in [2.75, 3.05) is 19.6 Å². The molecule has 0 radical (unpaired) electrons. The number of benzene rings is 1. The van der Waals surface area contributed by atoms with Crippen molar-refractivity contribution in [3.8, 4) is 0 Å².